The van der Waals surface area contributed by atoms with Crippen LogP contribution < -0.4 is 14.8 Å². The fraction of sp³-hybridized carbons (Fsp3) is 0.308. The number of benzene rings is 3. The average Bonchev–Trinajstić information content (AvgIpc) is 3.09. The lowest BCUT2D eigenvalue weighted by Gasteiger charge is -2.32. The number of ether oxygens (including phenoxy) is 2. The maximum Gasteiger partial charge on any atom is 0.124 e. The Bertz CT molecular complexity index is 921. The number of methoxy groups -OCH3 is 1. The summed E-state index contributed by atoms with van der Waals surface area (Å²) in [5.74, 6) is 1.82. The maximum absolute atomic E-state index is 6.33. The minimum absolute atomic E-state index is 0.118. The first kappa shape index (κ1) is 20.5. The molecule has 4 nitrogen and oxygen atoms in total. The Morgan fingerprint density at radius 2 is 1.73 bits per heavy atom. The van der Waals surface area contributed by atoms with Gasteiger partial charge in [-0.3, -0.25) is 4.90 Å². The van der Waals surface area contributed by atoms with Crippen molar-refractivity contribution in [3.8, 4) is 11.5 Å². The van der Waals surface area contributed by atoms with E-state index in [2.05, 4.69) is 64.8 Å². The predicted octanol–water partition coefficient (Wildman–Crippen LogP) is 4.66. The molecule has 30 heavy (non-hydrogen) atoms. The van der Waals surface area contributed by atoms with Gasteiger partial charge in [0.25, 0.3) is 0 Å². The van der Waals surface area contributed by atoms with Crippen LogP contribution >= 0.6 is 0 Å². The van der Waals surface area contributed by atoms with Crippen LogP contribution in [0.1, 0.15) is 29.2 Å². The Labute approximate surface area is 179 Å². The molecule has 1 aliphatic heterocycles. The second-order valence-corrected chi connectivity index (χ2v) is 7.63. The summed E-state index contributed by atoms with van der Waals surface area (Å²) in [4.78, 5) is 2.56. The van der Waals surface area contributed by atoms with Gasteiger partial charge in [0.1, 0.15) is 18.1 Å². The van der Waals surface area contributed by atoms with Crippen LogP contribution in [0.3, 0.4) is 0 Å². The summed E-state index contributed by atoms with van der Waals surface area (Å²) in [7, 11) is 1.72. The van der Waals surface area contributed by atoms with E-state index in [0.29, 0.717) is 6.61 Å². The van der Waals surface area contributed by atoms with Crippen LogP contribution in [0, 0.1) is 0 Å². The third-order valence-electron chi connectivity index (χ3n) is 5.60. The van der Waals surface area contributed by atoms with Crippen molar-refractivity contribution in [1.29, 1.82) is 0 Å². The molecule has 0 aromatic heterocycles. The zero-order chi connectivity index (χ0) is 20.6. The minimum atomic E-state index is 0.118. The van der Waals surface area contributed by atoms with Crippen molar-refractivity contribution in [3.63, 3.8) is 0 Å². The predicted molar refractivity (Wildman–Crippen MR) is 121 cm³/mol. The van der Waals surface area contributed by atoms with E-state index in [1.54, 1.807) is 7.11 Å². The standard InChI is InChI=1S/C26H30N2O2/c1-29-23-12-7-11-22(19-23)26(28-17-8-15-27-16-18-28)24-13-5-6-14-25(24)30-20-21-9-3-2-4-10-21/h2-7,9-14,19,26-27H,8,15-18,20H2,1H3. The number of hydrogen-bond acceptors (Lipinski definition) is 4. The molecule has 4 heteroatoms. The van der Waals surface area contributed by atoms with Gasteiger partial charge in [-0.2, -0.15) is 0 Å². The number of rotatable bonds is 7. The fourth-order valence-electron chi connectivity index (χ4n) is 4.10. The molecule has 0 aliphatic carbocycles. The Hall–Kier alpha value is -2.82. The van der Waals surface area contributed by atoms with Gasteiger partial charge in [-0.15, -0.1) is 0 Å². The van der Waals surface area contributed by atoms with Crippen molar-refractivity contribution in [2.75, 3.05) is 33.3 Å². The Kier molecular flexibility index (Phi) is 7.01. The molecule has 0 saturated carbocycles. The monoisotopic (exact) mass is 402 g/mol. The van der Waals surface area contributed by atoms with Gasteiger partial charge in [0.2, 0.25) is 0 Å². The van der Waals surface area contributed by atoms with E-state index in [4.69, 9.17) is 9.47 Å². The van der Waals surface area contributed by atoms with Gasteiger partial charge in [0.05, 0.1) is 13.2 Å². The highest BCUT2D eigenvalue weighted by molar-refractivity contribution is 5.44. The summed E-state index contributed by atoms with van der Waals surface area (Å²) in [6, 6.07) is 27.3. The molecule has 1 N–H and O–H groups in total. The summed E-state index contributed by atoms with van der Waals surface area (Å²) in [5.41, 5.74) is 3.60. The quantitative estimate of drug-likeness (QED) is 0.623. The van der Waals surface area contributed by atoms with E-state index in [-0.39, 0.29) is 6.04 Å². The maximum atomic E-state index is 6.33. The van der Waals surface area contributed by atoms with Crippen molar-refractivity contribution in [2.24, 2.45) is 0 Å². The molecule has 0 spiro atoms. The van der Waals surface area contributed by atoms with Gasteiger partial charge in [-0.1, -0.05) is 60.7 Å². The van der Waals surface area contributed by atoms with Crippen LogP contribution in [-0.2, 0) is 6.61 Å². The average molecular weight is 403 g/mol. The highest BCUT2D eigenvalue weighted by Gasteiger charge is 2.26. The van der Waals surface area contributed by atoms with E-state index < -0.39 is 0 Å². The number of para-hydroxylation sites is 1. The first-order valence-electron chi connectivity index (χ1n) is 10.7. The van der Waals surface area contributed by atoms with Crippen LogP contribution in [-0.4, -0.2) is 38.2 Å². The first-order chi connectivity index (χ1) is 14.8. The molecule has 3 aromatic carbocycles. The fourth-order valence-corrected chi connectivity index (χ4v) is 4.10. The molecule has 4 rings (SSSR count). The zero-order valence-electron chi connectivity index (χ0n) is 17.6. The molecule has 1 unspecified atom stereocenters. The summed E-state index contributed by atoms with van der Waals surface area (Å²) < 4.78 is 11.9. The van der Waals surface area contributed by atoms with Gasteiger partial charge in [-0.05, 0) is 42.3 Å². The van der Waals surface area contributed by atoms with E-state index in [0.717, 1.165) is 44.1 Å². The number of hydrogen-bond donors (Lipinski definition) is 1. The molecule has 156 valence electrons. The van der Waals surface area contributed by atoms with Crippen molar-refractivity contribution >= 4 is 0 Å². The van der Waals surface area contributed by atoms with Gasteiger partial charge >= 0.3 is 0 Å². The lowest BCUT2D eigenvalue weighted by atomic mass is 9.95. The Morgan fingerprint density at radius 1 is 0.900 bits per heavy atom. The van der Waals surface area contributed by atoms with Gasteiger partial charge in [0, 0.05) is 25.2 Å². The first-order valence-corrected chi connectivity index (χ1v) is 10.7. The lowest BCUT2D eigenvalue weighted by Crippen LogP contribution is -2.33. The summed E-state index contributed by atoms with van der Waals surface area (Å²) >= 11 is 0. The molecular formula is C26H30N2O2. The van der Waals surface area contributed by atoms with E-state index >= 15 is 0 Å². The largest absolute Gasteiger partial charge is 0.497 e. The van der Waals surface area contributed by atoms with Crippen LogP contribution in [0.25, 0.3) is 0 Å². The lowest BCUT2D eigenvalue weighted by molar-refractivity contribution is 0.229. The minimum Gasteiger partial charge on any atom is -0.497 e. The molecule has 1 aliphatic rings. The van der Waals surface area contributed by atoms with Crippen LogP contribution in [0.2, 0.25) is 0 Å². The SMILES string of the molecule is COc1cccc(C(c2ccccc2OCc2ccccc2)N2CCCNCC2)c1. The molecule has 0 amide bonds. The second-order valence-electron chi connectivity index (χ2n) is 7.63. The molecule has 3 aromatic rings. The summed E-state index contributed by atoms with van der Waals surface area (Å²) in [5, 5.41) is 3.52. The van der Waals surface area contributed by atoms with Gasteiger partial charge in [-0.25, -0.2) is 0 Å². The van der Waals surface area contributed by atoms with Crippen LogP contribution in [0.5, 0.6) is 11.5 Å². The zero-order valence-corrected chi connectivity index (χ0v) is 17.6. The Balaban J connectivity index is 1.69. The topological polar surface area (TPSA) is 33.7 Å². The van der Waals surface area contributed by atoms with Crippen LogP contribution in [0.4, 0.5) is 0 Å². The smallest absolute Gasteiger partial charge is 0.124 e. The summed E-state index contributed by atoms with van der Waals surface area (Å²) in [6.45, 7) is 4.65. The van der Waals surface area contributed by atoms with E-state index in [9.17, 15) is 0 Å². The van der Waals surface area contributed by atoms with E-state index in [1.165, 1.54) is 16.7 Å². The normalized spacial score (nSPS) is 15.9. The molecule has 0 bridgehead atoms. The highest BCUT2D eigenvalue weighted by Crippen LogP contribution is 2.36. The number of nitrogens with one attached hydrogen (secondary N) is 1. The summed E-state index contributed by atoms with van der Waals surface area (Å²) in [6.07, 6.45) is 1.13. The van der Waals surface area contributed by atoms with Gasteiger partial charge < -0.3 is 14.8 Å². The van der Waals surface area contributed by atoms with Gasteiger partial charge in [0.15, 0.2) is 0 Å². The Morgan fingerprint density at radius 3 is 2.60 bits per heavy atom. The third kappa shape index (κ3) is 5.02. The van der Waals surface area contributed by atoms with Crippen molar-refractivity contribution in [2.45, 2.75) is 19.1 Å². The highest BCUT2D eigenvalue weighted by atomic mass is 16.5. The molecule has 1 fully saturated rings. The van der Waals surface area contributed by atoms with Crippen LogP contribution in [0.15, 0.2) is 78.9 Å². The van der Waals surface area contributed by atoms with Crippen molar-refractivity contribution in [1.82, 2.24) is 10.2 Å². The molecule has 1 atom stereocenters. The molecule has 0 radical (unpaired) electrons. The van der Waals surface area contributed by atoms with Crippen molar-refractivity contribution in [3.05, 3.63) is 95.6 Å². The molecule has 1 saturated heterocycles. The number of nitrogens with zero attached hydrogens (tertiary/aromatic N) is 1. The van der Waals surface area contributed by atoms with Crippen molar-refractivity contribution < 1.29 is 9.47 Å². The third-order valence-corrected chi connectivity index (χ3v) is 5.60. The molecular weight excluding hydrogens is 372 g/mol. The second kappa shape index (κ2) is 10.3. The molecule has 1 heterocycles. The van der Waals surface area contributed by atoms with E-state index in [1.807, 2.05) is 24.3 Å².